The van der Waals surface area contributed by atoms with Gasteiger partial charge in [0.25, 0.3) is 0 Å². The van der Waals surface area contributed by atoms with Crippen molar-refractivity contribution in [3.05, 3.63) is 83.4 Å². The molecule has 0 saturated heterocycles. The normalized spacial score (nSPS) is 11.0. The van der Waals surface area contributed by atoms with Crippen LogP contribution in [-0.2, 0) is 13.1 Å². The van der Waals surface area contributed by atoms with Gasteiger partial charge in [-0.15, -0.1) is 24.0 Å². The average Bonchev–Trinajstić information content (AvgIpc) is 3.20. The number of aliphatic imine (C=N–C) groups is 1. The van der Waals surface area contributed by atoms with Gasteiger partial charge in [0, 0.05) is 30.5 Å². The van der Waals surface area contributed by atoms with Crippen LogP contribution in [0.25, 0.3) is 5.69 Å². The van der Waals surface area contributed by atoms with Crippen molar-refractivity contribution in [2.24, 2.45) is 4.99 Å². The van der Waals surface area contributed by atoms with Crippen LogP contribution in [0.5, 0.6) is 0 Å². The lowest BCUT2D eigenvalue weighted by Gasteiger charge is -2.14. The standard InChI is InChI=1S/C20H22ClN5.HI/c1-2-23-20(24-13-16-7-9-18(21)10-8-16)25-14-17-5-3-4-6-19(17)26-12-11-22-15-26;/h3-12,15H,2,13-14H2,1H3,(H2,23,24,25);1H. The van der Waals surface area contributed by atoms with Crippen molar-refractivity contribution in [1.82, 2.24) is 20.2 Å². The van der Waals surface area contributed by atoms with E-state index in [4.69, 9.17) is 11.6 Å². The number of benzene rings is 2. The third kappa shape index (κ3) is 6.25. The van der Waals surface area contributed by atoms with Crippen LogP contribution >= 0.6 is 35.6 Å². The number of nitrogens with one attached hydrogen (secondary N) is 2. The lowest BCUT2D eigenvalue weighted by molar-refractivity contribution is 0.810. The fraction of sp³-hybridized carbons (Fsp3) is 0.200. The van der Waals surface area contributed by atoms with Crippen LogP contribution in [-0.4, -0.2) is 22.1 Å². The summed E-state index contributed by atoms with van der Waals surface area (Å²) in [5, 5.41) is 7.42. The Morgan fingerprint density at radius 2 is 1.89 bits per heavy atom. The number of aromatic nitrogens is 2. The van der Waals surface area contributed by atoms with Gasteiger partial charge < -0.3 is 15.2 Å². The lowest BCUT2D eigenvalue weighted by atomic mass is 10.1. The van der Waals surface area contributed by atoms with Gasteiger partial charge in [-0.3, -0.25) is 0 Å². The Balaban J connectivity index is 0.00000261. The molecule has 0 fully saturated rings. The zero-order valence-corrected chi connectivity index (χ0v) is 18.2. The van der Waals surface area contributed by atoms with Crippen molar-refractivity contribution in [3.63, 3.8) is 0 Å². The Hall–Kier alpha value is -2.06. The summed E-state index contributed by atoms with van der Waals surface area (Å²) in [5.41, 5.74) is 3.39. The Labute approximate surface area is 181 Å². The molecule has 2 N–H and O–H groups in total. The van der Waals surface area contributed by atoms with Gasteiger partial charge in [-0.2, -0.15) is 0 Å². The fourth-order valence-corrected chi connectivity index (χ4v) is 2.72. The number of rotatable bonds is 6. The molecule has 0 spiro atoms. The number of hydrogen-bond donors (Lipinski definition) is 2. The molecule has 0 aliphatic carbocycles. The van der Waals surface area contributed by atoms with Crippen LogP contribution in [0.4, 0.5) is 0 Å². The second kappa shape index (κ2) is 10.9. The van der Waals surface area contributed by atoms with Gasteiger partial charge in [-0.05, 0) is 36.2 Å². The summed E-state index contributed by atoms with van der Waals surface area (Å²) in [4.78, 5) is 8.78. The Bertz CT molecular complexity index is 847. The molecule has 0 atom stereocenters. The number of nitrogens with zero attached hydrogens (tertiary/aromatic N) is 3. The molecule has 142 valence electrons. The molecular weight excluding hydrogens is 473 g/mol. The van der Waals surface area contributed by atoms with Crippen LogP contribution in [0.3, 0.4) is 0 Å². The highest BCUT2D eigenvalue weighted by Gasteiger charge is 2.05. The molecule has 3 aromatic rings. The van der Waals surface area contributed by atoms with Crippen molar-refractivity contribution < 1.29 is 0 Å². The second-order valence-electron chi connectivity index (χ2n) is 5.77. The average molecular weight is 496 g/mol. The Morgan fingerprint density at radius 1 is 1.11 bits per heavy atom. The molecule has 0 aliphatic heterocycles. The molecule has 0 saturated carbocycles. The summed E-state index contributed by atoms with van der Waals surface area (Å²) < 4.78 is 2.01. The molecule has 5 nitrogen and oxygen atoms in total. The number of halogens is 2. The predicted octanol–water partition coefficient (Wildman–Crippen LogP) is 4.40. The van der Waals surface area contributed by atoms with Crippen LogP contribution in [0.15, 0.2) is 72.2 Å². The minimum atomic E-state index is 0. The first-order valence-electron chi connectivity index (χ1n) is 8.59. The third-order valence-electron chi connectivity index (χ3n) is 3.90. The molecule has 27 heavy (non-hydrogen) atoms. The van der Waals surface area contributed by atoms with Crippen molar-refractivity contribution in [2.75, 3.05) is 6.54 Å². The van der Waals surface area contributed by atoms with Gasteiger partial charge in [-0.1, -0.05) is 41.9 Å². The molecule has 0 bridgehead atoms. The van der Waals surface area contributed by atoms with Crippen molar-refractivity contribution in [1.29, 1.82) is 0 Å². The second-order valence-corrected chi connectivity index (χ2v) is 6.21. The molecule has 3 rings (SSSR count). The van der Waals surface area contributed by atoms with Gasteiger partial charge >= 0.3 is 0 Å². The zero-order chi connectivity index (χ0) is 18.2. The zero-order valence-electron chi connectivity index (χ0n) is 15.1. The summed E-state index contributed by atoms with van der Waals surface area (Å²) in [7, 11) is 0. The largest absolute Gasteiger partial charge is 0.357 e. The molecule has 7 heteroatoms. The van der Waals surface area contributed by atoms with Crippen LogP contribution in [0.2, 0.25) is 5.02 Å². The highest BCUT2D eigenvalue weighted by Crippen LogP contribution is 2.14. The van der Waals surface area contributed by atoms with Gasteiger partial charge in [0.1, 0.15) is 0 Å². The van der Waals surface area contributed by atoms with Gasteiger partial charge in [0.05, 0.1) is 18.6 Å². The minimum Gasteiger partial charge on any atom is -0.357 e. The molecule has 2 aromatic carbocycles. The first-order valence-corrected chi connectivity index (χ1v) is 8.97. The van der Waals surface area contributed by atoms with E-state index in [1.807, 2.05) is 47.2 Å². The Morgan fingerprint density at radius 3 is 2.59 bits per heavy atom. The quantitative estimate of drug-likeness (QED) is 0.303. The summed E-state index contributed by atoms with van der Waals surface area (Å²) in [6, 6.07) is 16.0. The number of imidazole rings is 1. The Kier molecular flexibility index (Phi) is 8.60. The SMILES string of the molecule is CCNC(=NCc1ccc(Cl)cc1)NCc1ccccc1-n1ccnc1.I. The topological polar surface area (TPSA) is 54.2 Å². The van der Waals surface area contributed by atoms with E-state index in [0.717, 1.165) is 28.8 Å². The minimum absolute atomic E-state index is 0. The fourth-order valence-electron chi connectivity index (χ4n) is 2.59. The number of para-hydroxylation sites is 1. The summed E-state index contributed by atoms with van der Waals surface area (Å²) >= 11 is 5.93. The smallest absolute Gasteiger partial charge is 0.191 e. The molecule has 0 unspecified atom stereocenters. The van der Waals surface area contributed by atoms with E-state index < -0.39 is 0 Å². The number of hydrogen-bond acceptors (Lipinski definition) is 2. The van der Waals surface area contributed by atoms with Crippen molar-refractivity contribution in [3.8, 4) is 5.69 Å². The summed E-state index contributed by atoms with van der Waals surface area (Å²) in [6.45, 7) is 4.12. The van der Waals surface area contributed by atoms with E-state index in [-0.39, 0.29) is 24.0 Å². The maximum atomic E-state index is 5.93. The van der Waals surface area contributed by atoms with E-state index in [9.17, 15) is 0 Å². The van der Waals surface area contributed by atoms with Crippen molar-refractivity contribution >= 4 is 41.5 Å². The van der Waals surface area contributed by atoms with Crippen LogP contribution in [0, 0.1) is 0 Å². The van der Waals surface area contributed by atoms with Crippen LogP contribution in [0.1, 0.15) is 18.1 Å². The molecule has 0 radical (unpaired) electrons. The molecule has 0 aliphatic rings. The van der Waals surface area contributed by atoms with Gasteiger partial charge in [-0.25, -0.2) is 9.98 Å². The van der Waals surface area contributed by atoms with E-state index >= 15 is 0 Å². The molecular formula is C20H23ClIN5. The highest BCUT2D eigenvalue weighted by atomic mass is 127. The third-order valence-corrected chi connectivity index (χ3v) is 4.15. The highest BCUT2D eigenvalue weighted by molar-refractivity contribution is 14.0. The summed E-state index contributed by atoms with van der Waals surface area (Å²) in [5.74, 6) is 0.780. The molecule has 1 aromatic heterocycles. The summed E-state index contributed by atoms with van der Waals surface area (Å²) in [6.07, 6.45) is 5.53. The number of guanidine groups is 1. The van der Waals surface area contributed by atoms with Crippen molar-refractivity contribution in [2.45, 2.75) is 20.0 Å². The predicted molar refractivity (Wildman–Crippen MR) is 122 cm³/mol. The van der Waals surface area contributed by atoms with E-state index in [2.05, 4.69) is 39.7 Å². The van der Waals surface area contributed by atoms with E-state index in [1.54, 1.807) is 12.5 Å². The first kappa shape index (κ1) is 21.2. The maximum Gasteiger partial charge on any atom is 0.191 e. The lowest BCUT2D eigenvalue weighted by Crippen LogP contribution is -2.37. The first-order chi connectivity index (χ1) is 12.8. The van der Waals surface area contributed by atoms with E-state index in [1.165, 1.54) is 5.56 Å². The monoisotopic (exact) mass is 495 g/mol. The van der Waals surface area contributed by atoms with Gasteiger partial charge in [0.2, 0.25) is 0 Å². The molecule has 0 amide bonds. The maximum absolute atomic E-state index is 5.93. The van der Waals surface area contributed by atoms with Gasteiger partial charge in [0.15, 0.2) is 5.96 Å². The molecule has 1 heterocycles. The van der Waals surface area contributed by atoms with E-state index in [0.29, 0.717) is 13.1 Å². The van der Waals surface area contributed by atoms with Crippen LogP contribution < -0.4 is 10.6 Å².